The summed E-state index contributed by atoms with van der Waals surface area (Å²) in [5.41, 5.74) is 7.07. The Morgan fingerprint density at radius 2 is 1.82 bits per heavy atom. The van der Waals surface area contributed by atoms with Crippen molar-refractivity contribution in [2.75, 3.05) is 12.3 Å². The van der Waals surface area contributed by atoms with Gasteiger partial charge in [0.15, 0.2) is 0 Å². The molecule has 1 heterocycles. The molecule has 1 fully saturated rings. The summed E-state index contributed by atoms with van der Waals surface area (Å²) < 4.78 is 0. The summed E-state index contributed by atoms with van der Waals surface area (Å²) in [6, 6.07) is 5.81. The fourth-order valence-electron chi connectivity index (χ4n) is 3.90. The van der Waals surface area contributed by atoms with Crippen molar-refractivity contribution in [3.63, 3.8) is 0 Å². The monoisotopic (exact) mass is 478 g/mol. The number of thiol groups is 1. The highest BCUT2D eigenvalue weighted by Gasteiger charge is 2.37. The van der Waals surface area contributed by atoms with Crippen molar-refractivity contribution in [3.8, 4) is 0 Å². The van der Waals surface area contributed by atoms with Gasteiger partial charge in [-0.05, 0) is 37.2 Å². The predicted octanol–water partition coefficient (Wildman–Crippen LogP) is 0.578. The lowest BCUT2D eigenvalue weighted by atomic mass is 10.0. The van der Waals surface area contributed by atoms with Crippen LogP contribution in [0.1, 0.15) is 38.7 Å². The molecule has 0 bridgehead atoms. The summed E-state index contributed by atoms with van der Waals surface area (Å²) in [5, 5.41) is 14.5. The average Bonchev–Trinajstić information content (AvgIpc) is 3.26. The largest absolute Gasteiger partial charge is 0.480 e. The van der Waals surface area contributed by atoms with E-state index in [1.54, 1.807) is 0 Å². The van der Waals surface area contributed by atoms with E-state index in [-0.39, 0.29) is 24.0 Å². The molecule has 2 rings (SSSR count). The molecular weight excluding hydrogens is 444 g/mol. The predicted molar refractivity (Wildman–Crippen MR) is 128 cm³/mol. The second-order valence-corrected chi connectivity index (χ2v) is 9.12. The molecule has 1 aromatic carbocycles. The van der Waals surface area contributed by atoms with Crippen LogP contribution in [0.15, 0.2) is 30.3 Å². The number of carbonyl (C=O) groups excluding carboxylic acids is 3. The maximum absolute atomic E-state index is 12.9. The standard InChI is InChI=1S/C23H34N4O5S/c1-14(2)11-17(23(31)32)25-20(28)18(13-33)26-21(29)19-9-6-10-27(19)22(30)16(24)12-15-7-4-3-5-8-15/h3-5,7-8,14,16-19,33H,6,9-13,24H2,1-2H3,(H,25,28)(H,26,29)(H,31,32)/t16-,17-,18-,19-/m0/s1. The lowest BCUT2D eigenvalue weighted by Gasteiger charge is -2.28. The van der Waals surface area contributed by atoms with E-state index in [1.807, 2.05) is 44.2 Å². The Morgan fingerprint density at radius 3 is 2.39 bits per heavy atom. The molecule has 9 nitrogen and oxygen atoms in total. The van der Waals surface area contributed by atoms with Crippen LogP contribution in [-0.2, 0) is 25.6 Å². The number of aliphatic carboxylic acids is 1. The van der Waals surface area contributed by atoms with Crippen LogP contribution < -0.4 is 16.4 Å². The minimum Gasteiger partial charge on any atom is -0.480 e. The third-order valence-corrected chi connectivity index (χ3v) is 5.96. The number of rotatable bonds is 11. The molecule has 4 atom stereocenters. The summed E-state index contributed by atoms with van der Waals surface area (Å²) in [6.07, 6.45) is 1.73. The van der Waals surface area contributed by atoms with Gasteiger partial charge in [-0.3, -0.25) is 14.4 Å². The zero-order valence-electron chi connectivity index (χ0n) is 19.1. The van der Waals surface area contributed by atoms with E-state index < -0.39 is 42.0 Å². The first-order valence-electron chi connectivity index (χ1n) is 11.2. The van der Waals surface area contributed by atoms with Crippen LogP contribution in [0.2, 0.25) is 0 Å². The van der Waals surface area contributed by atoms with Gasteiger partial charge in [0.05, 0.1) is 6.04 Å². The van der Waals surface area contributed by atoms with Crippen LogP contribution in [-0.4, -0.2) is 70.2 Å². The minimum atomic E-state index is -1.14. The third kappa shape index (κ3) is 7.75. The Labute approximate surface area is 199 Å². The maximum Gasteiger partial charge on any atom is 0.326 e. The van der Waals surface area contributed by atoms with E-state index in [0.29, 0.717) is 25.8 Å². The third-order valence-electron chi connectivity index (χ3n) is 5.59. The Kier molecular flexibility index (Phi) is 10.2. The van der Waals surface area contributed by atoms with Gasteiger partial charge in [-0.2, -0.15) is 12.6 Å². The molecule has 1 aromatic rings. The van der Waals surface area contributed by atoms with E-state index >= 15 is 0 Å². The molecule has 10 heteroatoms. The normalized spacial score (nSPS) is 18.5. The van der Waals surface area contributed by atoms with Crippen LogP contribution in [0.5, 0.6) is 0 Å². The number of carbonyl (C=O) groups is 4. The topological polar surface area (TPSA) is 142 Å². The quantitative estimate of drug-likeness (QED) is 0.295. The summed E-state index contributed by atoms with van der Waals surface area (Å²) in [5.74, 6) is -2.50. The van der Waals surface area contributed by atoms with Gasteiger partial charge in [-0.1, -0.05) is 44.2 Å². The molecule has 5 N–H and O–H groups in total. The number of amides is 3. The number of likely N-dealkylation sites (tertiary alicyclic amines) is 1. The molecule has 0 spiro atoms. The van der Waals surface area contributed by atoms with Gasteiger partial charge in [-0.15, -0.1) is 0 Å². The molecule has 1 aliphatic heterocycles. The first-order chi connectivity index (χ1) is 15.6. The summed E-state index contributed by atoms with van der Waals surface area (Å²) in [6.45, 7) is 4.12. The lowest BCUT2D eigenvalue weighted by Crippen LogP contribution is -2.57. The van der Waals surface area contributed by atoms with E-state index in [1.165, 1.54) is 4.90 Å². The maximum atomic E-state index is 12.9. The van der Waals surface area contributed by atoms with Gasteiger partial charge >= 0.3 is 5.97 Å². The molecular formula is C23H34N4O5S. The van der Waals surface area contributed by atoms with Gasteiger partial charge in [0.25, 0.3) is 0 Å². The average molecular weight is 479 g/mol. The number of benzene rings is 1. The van der Waals surface area contributed by atoms with E-state index in [4.69, 9.17) is 5.73 Å². The Balaban J connectivity index is 2.00. The van der Waals surface area contributed by atoms with Crippen molar-refractivity contribution in [2.24, 2.45) is 11.7 Å². The molecule has 3 amide bonds. The van der Waals surface area contributed by atoms with Crippen molar-refractivity contribution in [3.05, 3.63) is 35.9 Å². The number of hydrogen-bond acceptors (Lipinski definition) is 6. The Hall–Kier alpha value is -2.59. The molecule has 182 valence electrons. The molecule has 0 aromatic heterocycles. The van der Waals surface area contributed by atoms with Crippen LogP contribution >= 0.6 is 12.6 Å². The van der Waals surface area contributed by atoms with Gasteiger partial charge in [0.1, 0.15) is 18.1 Å². The zero-order chi connectivity index (χ0) is 24.5. The highest BCUT2D eigenvalue weighted by Crippen LogP contribution is 2.19. The number of carboxylic acids is 1. The van der Waals surface area contributed by atoms with Gasteiger partial charge < -0.3 is 26.4 Å². The van der Waals surface area contributed by atoms with E-state index in [0.717, 1.165) is 5.56 Å². The first-order valence-corrected chi connectivity index (χ1v) is 11.8. The highest BCUT2D eigenvalue weighted by molar-refractivity contribution is 7.80. The van der Waals surface area contributed by atoms with Crippen LogP contribution in [0.3, 0.4) is 0 Å². The highest BCUT2D eigenvalue weighted by atomic mass is 32.1. The Bertz CT molecular complexity index is 835. The van der Waals surface area contributed by atoms with Gasteiger partial charge in [-0.25, -0.2) is 4.79 Å². The van der Waals surface area contributed by atoms with Crippen molar-refractivity contribution in [1.29, 1.82) is 0 Å². The van der Waals surface area contributed by atoms with Crippen LogP contribution in [0.4, 0.5) is 0 Å². The summed E-state index contributed by atoms with van der Waals surface area (Å²) in [7, 11) is 0. The summed E-state index contributed by atoms with van der Waals surface area (Å²) >= 11 is 4.14. The minimum absolute atomic E-state index is 0.0141. The SMILES string of the molecule is CC(C)C[C@H](NC(=O)[C@H](CS)NC(=O)[C@@H]1CCCN1C(=O)[C@@H](N)Cc1ccccc1)C(=O)O. The smallest absolute Gasteiger partial charge is 0.326 e. The zero-order valence-corrected chi connectivity index (χ0v) is 20.0. The van der Waals surface area contributed by atoms with E-state index in [9.17, 15) is 24.3 Å². The molecule has 0 saturated carbocycles. The lowest BCUT2D eigenvalue weighted by molar-refractivity contribution is -0.143. The van der Waals surface area contributed by atoms with Crippen molar-refractivity contribution < 1.29 is 24.3 Å². The number of carboxylic acid groups (broad SMARTS) is 1. The van der Waals surface area contributed by atoms with Crippen molar-refractivity contribution >= 4 is 36.3 Å². The van der Waals surface area contributed by atoms with Gasteiger partial charge in [0, 0.05) is 12.3 Å². The molecule has 33 heavy (non-hydrogen) atoms. The molecule has 0 radical (unpaired) electrons. The second-order valence-electron chi connectivity index (χ2n) is 8.76. The van der Waals surface area contributed by atoms with Crippen molar-refractivity contribution in [2.45, 2.75) is 63.7 Å². The number of hydrogen-bond donors (Lipinski definition) is 5. The first kappa shape index (κ1) is 26.7. The molecule has 0 unspecified atom stereocenters. The number of nitrogens with one attached hydrogen (secondary N) is 2. The fourth-order valence-corrected chi connectivity index (χ4v) is 4.16. The molecule has 0 aliphatic carbocycles. The fraction of sp³-hybridized carbons (Fsp3) is 0.565. The second kappa shape index (κ2) is 12.6. The van der Waals surface area contributed by atoms with Crippen molar-refractivity contribution in [1.82, 2.24) is 15.5 Å². The summed E-state index contributed by atoms with van der Waals surface area (Å²) in [4.78, 5) is 51.4. The Morgan fingerprint density at radius 1 is 1.15 bits per heavy atom. The number of nitrogens with zero attached hydrogens (tertiary/aromatic N) is 1. The molecule has 1 aliphatic rings. The van der Waals surface area contributed by atoms with Crippen LogP contribution in [0.25, 0.3) is 0 Å². The number of nitrogens with two attached hydrogens (primary N) is 1. The van der Waals surface area contributed by atoms with Crippen LogP contribution in [0, 0.1) is 5.92 Å². The molecule has 1 saturated heterocycles. The van der Waals surface area contributed by atoms with Gasteiger partial charge in [0.2, 0.25) is 17.7 Å². The van der Waals surface area contributed by atoms with E-state index in [2.05, 4.69) is 23.3 Å².